The minimum absolute atomic E-state index is 0.00412. The monoisotopic (exact) mass is 324 g/mol. The first kappa shape index (κ1) is 13.5. The highest BCUT2D eigenvalue weighted by atomic mass is 79.9. The predicted molar refractivity (Wildman–Crippen MR) is 71.8 cm³/mol. The van der Waals surface area contributed by atoms with Crippen LogP contribution < -0.4 is 4.74 Å². The first-order chi connectivity index (χ1) is 9.06. The van der Waals surface area contributed by atoms with Crippen molar-refractivity contribution in [2.45, 2.75) is 6.61 Å². The molecule has 0 fully saturated rings. The van der Waals surface area contributed by atoms with Gasteiger partial charge in [0.1, 0.15) is 18.2 Å². The van der Waals surface area contributed by atoms with Gasteiger partial charge in [0.05, 0.1) is 5.56 Å². The average molecular weight is 325 g/mol. The topological polar surface area (TPSA) is 46.5 Å². The summed E-state index contributed by atoms with van der Waals surface area (Å²) in [6.45, 7) is -0.00412. The van der Waals surface area contributed by atoms with Crippen LogP contribution in [0.3, 0.4) is 0 Å². The molecular weight excluding hydrogens is 315 g/mol. The van der Waals surface area contributed by atoms with Gasteiger partial charge in [0, 0.05) is 10.0 Å². The van der Waals surface area contributed by atoms with Gasteiger partial charge in [0.2, 0.25) is 0 Å². The van der Waals surface area contributed by atoms with Crippen LogP contribution in [0.5, 0.6) is 5.75 Å². The molecule has 0 radical (unpaired) electrons. The SMILES string of the molecule is O=C(O)c1ccc(F)cc1COc1cccc(Br)c1. The molecule has 0 amide bonds. The van der Waals surface area contributed by atoms with E-state index < -0.39 is 11.8 Å². The van der Waals surface area contributed by atoms with Gasteiger partial charge in [0.25, 0.3) is 0 Å². The highest BCUT2D eigenvalue weighted by Crippen LogP contribution is 2.20. The van der Waals surface area contributed by atoms with Gasteiger partial charge in [-0.2, -0.15) is 0 Å². The van der Waals surface area contributed by atoms with E-state index in [-0.39, 0.29) is 12.2 Å². The summed E-state index contributed by atoms with van der Waals surface area (Å²) in [4.78, 5) is 11.0. The fourth-order valence-electron chi connectivity index (χ4n) is 1.61. The molecule has 0 unspecified atom stereocenters. The van der Waals surface area contributed by atoms with E-state index in [4.69, 9.17) is 9.84 Å². The maximum absolute atomic E-state index is 13.1. The maximum Gasteiger partial charge on any atom is 0.336 e. The molecule has 3 nitrogen and oxygen atoms in total. The lowest BCUT2D eigenvalue weighted by Gasteiger charge is -2.09. The Kier molecular flexibility index (Phi) is 4.16. The Morgan fingerprint density at radius 2 is 2.05 bits per heavy atom. The van der Waals surface area contributed by atoms with Crippen molar-refractivity contribution in [1.29, 1.82) is 0 Å². The number of carbonyl (C=O) groups is 1. The van der Waals surface area contributed by atoms with E-state index in [2.05, 4.69) is 15.9 Å². The number of benzene rings is 2. The summed E-state index contributed by atoms with van der Waals surface area (Å²) in [5, 5.41) is 9.01. The van der Waals surface area contributed by atoms with Crippen LogP contribution in [0.2, 0.25) is 0 Å². The Morgan fingerprint density at radius 1 is 1.26 bits per heavy atom. The van der Waals surface area contributed by atoms with Crippen molar-refractivity contribution in [2.24, 2.45) is 0 Å². The zero-order valence-corrected chi connectivity index (χ0v) is 11.4. The second-order valence-corrected chi connectivity index (χ2v) is 4.77. The van der Waals surface area contributed by atoms with Crippen LogP contribution >= 0.6 is 15.9 Å². The molecule has 2 aromatic rings. The summed E-state index contributed by atoms with van der Waals surface area (Å²) in [6.07, 6.45) is 0. The number of hydrogen-bond acceptors (Lipinski definition) is 2. The smallest absolute Gasteiger partial charge is 0.336 e. The summed E-state index contributed by atoms with van der Waals surface area (Å²) in [6, 6.07) is 10.6. The van der Waals surface area contributed by atoms with Gasteiger partial charge >= 0.3 is 5.97 Å². The number of carboxylic acid groups (broad SMARTS) is 1. The van der Waals surface area contributed by atoms with Crippen molar-refractivity contribution < 1.29 is 19.0 Å². The Hall–Kier alpha value is -1.88. The fourth-order valence-corrected chi connectivity index (χ4v) is 1.99. The molecule has 0 saturated carbocycles. The number of carboxylic acids is 1. The molecule has 5 heteroatoms. The van der Waals surface area contributed by atoms with Crippen molar-refractivity contribution in [3.05, 3.63) is 63.9 Å². The molecule has 0 aromatic heterocycles. The van der Waals surface area contributed by atoms with E-state index in [9.17, 15) is 9.18 Å². The second kappa shape index (κ2) is 5.84. The normalized spacial score (nSPS) is 10.2. The van der Waals surface area contributed by atoms with Gasteiger partial charge in [-0.05, 0) is 36.4 Å². The lowest BCUT2D eigenvalue weighted by atomic mass is 10.1. The molecule has 2 rings (SSSR count). The molecule has 0 spiro atoms. The standard InChI is InChI=1S/C14H10BrFO3/c15-10-2-1-3-12(7-10)19-8-9-6-11(16)4-5-13(9)14(17)18/h1-7H,8H2,(H,17,18). The van der Waals surface area contributed by atoms with Crippen molar-refractivity contribution in [2.75, 3.05) is 0 Å². The van der Waals surface area contributed by atoms with Gasteiger partial charge in [-0.25, -0.2) is 9.18 Å². The Labute approximate surface area is 117 Å². The quantitative estimate of drug-likeness (QED) is 0.928. The Balaban J connectivity index is 2.19. The van der Waals surface area contributed by atoms with E-state index in [1.807, 2.05) is 6.07 Å². The largest absolute Gasteiger partial charge is 0.489 e. The third-order valence-corrected chi connectivity index (χ3v) is 2.98. The van der Waals surface area contributed by atoms with Crippen LogP contribution in [-0.4, -0.2) is 11.1 Å². The molecule has 0 aliphatic heterocycles. The van der Waals surface area contributed by atoms with Crippen LogP contribution in [0.1, 0.15) is 15.9 Å². The van der Waals surface area contributed by atoms with E-state index in [0.29, 0.717) is 11.3 Å². The average Bonchev–Trinajstić information content (AvgIpc) is 2.36. The van der Waals surface area contributed by atoms with Crippen LogP contribution in [-0.2, 0) is 6.61 Å². The molecule has 0 aliphatic carbocycles. The Bertz CT molecular complexity index is 613. The third kappa shape index (κ3) is 3.54. The highest BCUT2D eigenvalue weighted by molar-refractivity contribution is 9.10. The number of ether oxygens (including phenoxy) is 1. The fraction of sp³-hybridized carbons (Fsp3) is 0.0714. The van der Waals surface area contributed by atoms with Crippen molar-refractivity contribution in [3.8, 4) is 5.75 Å². The highest BCUT2D eigenvalue weighted by Gasteiger charge is 2.11. The van der Waals surface area contributed by atoms with Gasteiger partial charge in [-0.1, -0.05) is 22.0 Å². The Morgan fingerprint density at radius 3 is 2.74 bits per heavy atom. The first-order valence-corrected chi connectivity index (χ1v) is 6.25. The summed E-state index contributed by atoms with van der Waals surface area (Å²) in [5.74, 6) is -1.01. The third-order valence-electron chi connectivity index (χ3n) is 2.49. The lowest BCUT2D eigenvalue weighted by molar-refractivity contribution is 0.0694. The lowest BCUT2D eigenvalue weighted by Crippen LogP contribution is -2.06. The van der Waals surface area contributed by atoms with Crippen LogP contribution in [0.15, 0.2) is 46.9 Å². The summed E-state index contributed by atoms with van der Waals surface area (Å²) in [5.41, 5.74) is 0.337. The zero-order valence-electron chi connectivity index (χ0n) is 9.77. The van der Waals surface area contributed by atoms with E-state index in [0.717, 1.165) is 10.5 Å². The molecule has 2 aromatic carbocycles. The molecule has 0 bridgehead atoms. The van der Waals surface area contributed by atoms with E-state index in [1.165, 1.54) is 12.1 Å². The van der Waals surface area contributed by atoms with Crippen molar-refractivity contribution >= 4 is 21.9 Å². The van der Waals surface area contributed by atoms with Gasteiger partial charge < -0.3 is 9.84 Å². The zero-order chi connectivity index (χ0) is 13.8. The molecule has 98 valence electrons. The number of hydrogen-bond donors (Lipinski definition) is 1. The molecule has 0 heterocycles. The maximum atomic E-state index is 13.1. The summed E-state index contributed by atoms with van der Waals surface area (Å²) in [7, 11) is 0. The predicted octanol–water partition coefficient (Wildman–Crippen LogP) is 3.87. The van der Waals surface area contributed by atoms with Crippen LogP contribution in [0.4, 0.5) is 4.39 Å². The van der Waals surface area contributed by atoms with Crippen molar-refractivity contribution in [1.82, 2.24) is 0 Å². The number of aromatic carboxylic acids is 1. The number of rotatable bonds is 4. The summed E-state index contributed by atoms with van der Waals surface area (Å²) >= 11 is 3.30. The number of halogens is 2. The van der Waals surface area contributed by atoms with Crippen LogP contribution in [0.25, 0.3) is 0 Å². The molecule has 0 aliphatic rings. The van der Waals surface area contributed by atoms with E-state index in [1.54, 1.807) is 18.2 Å². The van der Waals surface area contributed by atoms with Crippen molar-refractivity contribution in [3.63, 3.8) is 0 Å². The van der Waals surface area contributed by atoms with Gasteiger partial charge in [-0.15, -0.1) is 0 Å². The molecular formula is C14H10BrFO3. The summed E-state index contributed by atoms with van der Waals surface area (Å²) < 4.78 is 19.5. The van der Waals surface area contributed by atoms with Gasteiger partial charge in [-0.3, -0.25) is 0 Å². The van der Waals surface area contributed by atoms with Crippen LogP contribution in [0, 0.1) is 5.82 Å². The molecule has 0 saturated heterocycles. The first-order valence-electron chi connectivity index (χ1n) is 5.46. The minimum atomic E-state index is -1.10. The van der Waals surface area contributed by atoms with E-state index >= 15 is 0 Å². The minimum Gasteiger partial charge on any atom is -0.489 e. The second-order valence-electron chi connectivity index (χ2n) is 3.85. The molecule has 19 heavy (non-hydrogen) atoms. The van der Waals surface area contributed by atoms with Gasteiger partial charge in [0.15, 0.2) is 0 Å². The molecule has 1 N–H and O–H groups in total. The molecule has 0 atom stereocenters.